The lowest BCUT2D eigenvalue weighted by molar-refractivity contribution is -0.129. The van der Waals surface area contributed by atoms with Crippen LogP contribution in [0.2, 0.25) is 0 Å². The van der Waals surface area contributed by atoms with Crippen LogP contribution in [0.1, 0.15) is 19.3 Å². The van der Waals surface area contributed by atoms with Crippen LogP contribution in [-0.2, 0) is 16.1 Å². The Morgan fingerprint density at radius 1 is 1.17 bits per heavy atom. The van der Waals surface area contributed by atoms with Crippen molar-refractivity contribution in [3.05, 3.63) is 34.8 Å². The normalized spacial score (nSPS) is 14.3. The summed E-state index contributed by atoms with van der Waals surface area (Å²) in [5.74, 6) is -0.595. The fourth-order valence-corrected chi connectivity index (χ4v) is 4.81. The van der Waals surface area contributed by atoms with Crippen molar-refractivity contribution in [3.8, 4) is 0 Å². The quantitative estimate of drug-likeness (QED) is 0.469. The maximum Gasteiger partial charge on any atom is 0.420 e. The molecule has 0 saturated carbocycles. The Morgan fingerprint density at radius 3 is 2.79 bits per heavy atom. The SMILES string of the molecule is O=C(Cn1c(=O)oc2ccccc21)Nc1nnc(SCC(=O)N2CCCCC2)s1. The highest BCUT2D eigenvalue weighted by molar-refractivity contribution is 8.01. The van der Waals surface area contributed by atoms with Crippen molar-refractivity contribution in [2.24, 2.45) is 0 Å². The Labute approximate surface area is 174 Å². The van der Waals surface area contributed by atoms with Gasteiger partial charge in [0.2, 0.25) is 16.9 Å². The van der Waals surface area contributed by atoms with E-state index in [9.17, 15) is 14.4 Å². The third-order valence-corrected chi connectivity index (χ3v) is 6.51. The van der Waals surface area contributed by atoms with E-state index in [0.29, 0.717) is 26.3 Å². The molecule has 0 aliphatic carbocycles. The number of thioether (sulfide) groups is 1. The molecule has 11 heteroatoms. The van der Waals surface area contributed by atoms with Crippen LogP contribution in [0.4, 0.5) is 5.13 Å². The van der Waals surface area contributed by atoms with Gasteiger partial charge in [-0.15, -0.1) is 10.2 Å². The number of rotatable bonds is 6. The van der Waals surface area contributed by atoms with Crippen LogP contribution < -0.4 is 11.1 Å². The van der Waals surface area contributed by atoms with E-state index < -0.39 is 11.7 Å². The number of nitrogens with one attached hydrogen (secondary N) is 1. The van der Waals surface area contributed by atoms with Gasteiger partial charge >= 0.3 is 5.76 Å². The number of aromatic nitrogens is 3. The molecule has 9 nitrogen and oxygen atoms in total. The highest BCUT2D eigenvalue weighted by Gasteiger charge is 2.18. The zero-order valence-electron chi connectivity index (χ0n) is 15.5. The fourth-order valence-electron chi connectivity index (χ4n) is 3.14. The molecule has 2 amide bonds. The van der Waals surface area contributed by atoms with E-state index in [1.54, 1.807) is 24.3 Å². The molecule has 0 unspecified atom stereocenters. The van der Waals surface area contributed by atoms with Gasteiger partial charge in [-0.1, -0.05) is 35.2 Å². The molecule has 1 aliphatic rings. The maximum atomic E-state index is 12.3. The van der Waals surface area contributed by atoms with Crippen LogP contribution in [0.5, 0.6) is 0 Å². The number of carbonyl (C=O) groups is 2. The summed E-state index contributed by atoms with van der Waals surface area (Å²) in [4.78, 5) is 38.4. The zero-order chi connectivity index (χ0) is 20.2. The highest BCUT2D eigenvalue weighted by Crippen LogP contribution is 2.26. The van der Waals surface area contributed by atoms with Crippen LogP contribution >= 0.6 is 23.1 Å². The van der Waals surface area contributed by atoms with E-state index in [1.807, 2.05) is 4.90 Å². The predicted octanol–water partition coefficient (Wildman–Crippen LogP) is 2.19. The van der Waals surface area contributed by atoms with Gasteiger partial charge in [0.15, 0.2) is 9.92 Å². The van der Waals surface area contributed by atoms with Gasteiger partial charge in [-0.3, -0.25) is 19.5 Å². The summed E-state index contributed by atoms with van der Waals surface area (Å²) in [6.07, 6.45) is 3.29. The van der Waals surface area contributed by atoms with Gasteiger partial charge in [0.1, 0.15) is 6.54 Å². The van der Waals surface area contributed by atoms with Crippen molar-refractivity contribution < 1.29 is 14.0 Å². The smallest absolute Gasteiger partial charge is 0.408 e. The second-order valence-electron chi connectivity index (χ2n) is 6.57. The van der Waals surface area contributed by atoms with Gasteiger partial charge in [0.05, 0.1) is 11.3 Å². The molecule has 0 atom stereocenters. The predicted molar refractivity (Wildman–Crippen MR) is 110 cm³/mol. The molecule has 1 saturated heterocycles. The van der Waals surface area contributed by atoms with E-state index in [4.69, 9.17) is 4.42 Å². The van der Waals surface area contributed by atoms with Crippen molar-refractivity contribution in [1.82, 2.24) is 19.7 Å². The first kappa shape index (κ1) is 19.6. The van der Waals surface area contributed by atoms with Crippen LogP contribution in [0.15, 0.2) is 37.8 Å². The number of benzene rings is 1. The van der Waals surface area contributed by atoms with Gasteiger partial charge in [-0.05, 0) is 31.4 Å². The van der Waals surface area contributed by atoms with E-state index in [-0.39, 0.29) is 12.5 Å². The number of nitrogens with zero attached hydrogens (tertiary/aromatic N) is 4. The second kappa shape index (κ2) is 8.78. The lowest BCUT2D eigenvalue weighted by Crippen LogP contribution is -2.36. The number of likely N-dealkylation sites (tertiary alicyclic amines) is 1. The summed E-state index contributed by atoms with van der Waals surface area (Å²) in [5.41, 5.74) is 0.982. The Kier molecular flexibility index (Phi) is 5.95. The first-order chi connectivity index (χ1) is 14.1. The molecular formula is C18H19N5O4S2. The Morgan fingerprint density at radius 2 is 1.97 bits per heavy atom. The van der Waals surface area contributed by atoms with Crippen molar-refractivity contribution in [2.75, 3.05) is 24.2 Å². The highest BCUT2D eigenvalue weighted by atomic mass is 32.2. The molecule has 1 aliphatic heterocycles. The molecule has 0 radical (unpaired) electrons. The van der Waals surface area contributed by atoms with Crippen molar-refractivity contribution in [3.63, 3.8) is 0 Å². The van der Waals surface area contributed by atoms with Gasteiger partial charge in [-0.2, -0.15) is 0 Å². The average Bonchev–Trinajstić information content (AvgIpc) is 3.31. The first-order valence-electron chi connectivity index (χ1n) is 9.22. The third kappa shape index (κ3) is 4.67. The number of fused-ring (bicyclic) bond motifs is 1. The number of oxazole rings is 1. The third-order valence-electron chi connectivity index (χ3n) is 4.56. The fraction of sp³-hybridized carbons (Fsp3) is 0.389. The molecule has 2 aromatic heterocycles. The zero-order valence-corrected chi connectivity index (χ0v) is 17.1. The number of anilines is 1. The number of amides is 2. The average molecular weight is 434 g/mol. The Balaban J connectivity index is 1.32. The Hall–Kier alpha value is -2.66. The van der Waals surface area contributed by atoms with Crippen LogP contribution in [0.25, 0.3) is 11.1 Å². The molecular weight excluding hydrogens is 414 g/mol. The lowest BCUT2D eigenvalue weighted by Gasteiger charge is -2.26. The van der Waals surface area contributed by atoms with Crippen LogP contribution in [0, 0.1) is 0 Å². The number of para-hydroxylation sites is 2. The molecule has 0 bridgehead atoms. The molecule has 0 spiro atoms. The standard InChI is InChI=1S/C18H19N5O4S2/c24-14(10-23-12-6-2-3-7-13(12)27-18(23)26)19-16-20-21-17(29-16)28-11-15(25)22-8-4-1-5-9-22/h2-3,6-7H,1,4-5,8-11H2,(H,19,20,24). The van der Waals surface area contributed by atoms with Crippen molar-refractivity contribution >= 4 is 51.1 Å². The topological polar surface area (TPSA) is 110 Å². The number of hydrogen-bond acceptors (Lipinski definition) is 8. The first-order valence-corrected chi connectivity index (χ1v) is 11.0. The molecule has 29 heavy (non-hydrogen) atoms. The largest absolute Gasteiger partial charge is 0.420 e. The molecule has 4 rings (SSSR count). The van der Waals surface area contributed by atoms with Crippen molar-refractivity contribution in [2.45, 2.75) is 30.1 Å². The van der Waals surface area contributed by atoms with Crippen LogP contribution in [-0.4, -0.2) is 50.3 Å². The molecule has 3 heterocycles. The van der Waals surface area contributed by atoms with Gasteiger partial charge in [0.25, 0.3) is 0 Å². The number of carbonyl (C=O) groups excluding carboxylic acids is 2. The van der Waals surface area contributed by atoms with Gasteiger partial charge in [-0.25, -0.2) is 4.79 Å². The van der Waals surface area contributed by atoms with E-state index in [2.05, 4.69) is 15.5 Å². The summed E-state index contributed by atoms with van der Waals surface area (Å²) < 4.78 is 6.99. The molecule has 3 aromatic rings. The molecule has 152 valence electrons. The molecule has 1 aromatic carbocycles. The Bertz CT molecular complexity index is 1080. The summed E-state index contributed by atoms with van der Waals surface area (Å²) in [5, 5.41) is 10.9. The van der Waals surface area contributed by atoms with E-state index >= 15 is 0 Å². The summed E-state index contributed by atoms with van der Waals surface area (Å²) in [6.45, 7) is 1.45. The minimum atomic E-state index is -0.592. The van der Waals surface area contributed by atoms with E-state index in [0.717, 1.165) is 25.9 Å². The van der Waals surface area contributed by atoms with Gasteiger partial charge < -0.3 is 9.32 Å². The summed E-state index contributed by atoms with van der Waals surface area (Å²) in [7, 11) is 0. The number of piperidine rings is 1. The summed E-state index contributed by atoms with van der Waals surface area (Å²) in [6, 6.07) is 6.91. The monoisotopic (exact) mass is 433 g/mol. The minimum Gasteiger partial charge on any atom is -0.408 e. The number of hydrogen-bond donors (Lipinski definition) is 1. The maximum absolute atomic E-state index is 12.3. The van der Waals surface area contributed by atoms with Crippen LogP contribution in [0.3, 0.4) is 0 Å². The molecule has 1 N–H and O–H groups in total. The van der Waals surface area contributed by atoms with E-state index in [1.165, 1.54) is 34.1 Å². The van der Waals surface area contributed by atoms with Gasteiger partial charge in [0, 0.05) is 13.1 Å². The van der Waals surface area contributed by atoms with Crippen molar-refractivity contribution in [1.29, 1.82) is 0 Å². The molecule has 1 fully saturated rings. The minimum absolute atomic E-state index is 0.0988. The lowest BCUT2D eigenvalue weighted by atomic mass is 10.1. The summed E-state index contributed by atoms with van der Waals surface area (Å²) >= 11 is 2.51. The second-order valence-corrected chi connectivity index (χ2v) is 8.77.